The van der Waals surface area contributed by atoms with Gasteiger partial charge in [-0.25, -0.2) is 4.98 Å². The van der Waals surface area contributed by atoms with Crippen molar-refractivity contribution in [1.82, 2.24) is 9.55 Å². The van der Waals surface area contributed by atoms with Crippen molar-refractivity contribution in [2.24, 2.45) is 5.92 Å². The number of carbonyl (C=O) groups excluding carboxylic acids is 1. The minimum absolute atomic E-state index is 0.0417. The predicted octanol–water partition coefficient (Wildman–Crippen LogP) is 3.74. The molecule has 0 aliphatic heterocycles. The molecule has 4 rings (SSSR count). The molecule has 128 valence electrons. The van der Waals surface area contributed by atoms with Crippen molar-refractivity contribution >= 4 is 33.1 Å². The molecule has 3 aromatic rings. The number of nitrogens with one attached hydrogen (secondary N) is 1. The maximum atomic E-state index is 12.8. The van der Waals surface area contributed by atoms with Crippen molar-refractivity contribution in [2.45, 2.75) is 33.2 Å². The van der Waals surface area contributed by atoms with Crippen LogP contribution in [-0.2, 0) is 6.54 Å². The van der Waals surface area contributed by atoms with Crippen LogP contribution < -0.4 is 10.9 Å². The van der Waals surface area contributed by atoms with Gasteiger partial charge >= 0.3 is 0 Å². The van der Waals surface area contributed by atoms with Crippen molar-refractivity contribution in [1.29, 1.82) is 0 Å². The second-order valence-electron chi connectivity index (χ2n) is 6.63. The van der Waals surface area contributed by atoms with Gasteiger partial charge in [-0.05, 0) is 44.2 Å². The molecule has 2 aromatic heterocycles. The van der Waals surface area contributed by atoms with Crippen LogP contribution in [0.15, 0.2) is 35.4 Å². The van der Waals surface area contributed by atoms with Crippen LogP contribution in [0.5, 0.6) is 0 Å². The Balaban J connectivity index is 1.73. The van der Waals surface area contributed by atoms with E-state index in [9.17, 15) is 9.59 Å². The quantitative estimate of drug-likeness (QED) is 0.777. The number of para-hydroxylation sites is 1. The first-order valence-electron chi connectivity index (χ1n) is 8.40. The van der Waals surface area contributed by atoms with E-state index in [2.05, 4.69) is 10.3 Å². The summed E-state index contributed by atoms with van der Waals surface area (Å²) < 4.78 is 2.24. The van der Waals surface area contributed by atoms with E-state index in [1.807, 2.05) is 38.1 Å². The molecule has 1 aromatic carbocycles. The minimum atomic E-state index is -0.218. The molecule has 0 atom stereocenters. The molecule has 0 unspecified atom stereocenters. The Labute approximate surface area is 149 Å². The standard InChI is InChI=1S/C19H19N3O2S/c1-11-5-3-4-6-14(11)21-18(23)15-12(2)25-17-16(15)20-10-22(19(17)24)9-13-7-8-13/h3-6,10,13H,7-9H2,1-2H3,(H,21,23). The number of hydrogen-bond acceptors (Lipinski definition) is 4. The number of fused-ring (bicyclic) bond motifs is 1. The fraction of sp³-hybridized carbons (Fsp3) is 0.316. The topological polar surface area (TPSA) is 64.0 Å². The van der Waals surface area contributed by atoms with Crippen molar-refractivity contribution in [2.75, 3.05) is 5.32 Å². The zero-order valence-electron chi connectivity index (χ0n) is 14.2. The van der Waals surface area contributed by atoms with Crippen LogP contribution in [0.2, 0.25) is 0 Å². The van der Waals surface area contributed by atoms with Crippen molar-refractivity contribution in [3.8, 4) is 0 Å². The first-order chi connectivity index (χ1) is 12.0. The van der Waals surface area contributed by atoms with E-state index in [1.54, 1.807) is 10.9 Å². The summed E-state index contributed by atoms with van der Waals surface area (Å²) in [5, 5.41) is 2.94. The molecule has 1 saturated carbocycles. The molecule has 0 spiro atoms. The molecule has 1 aliphatic carbocycles. The Kier molecular flexibility index (Phi) is 3.92. The normalized spacial score (nSPS) is 14.0. The summed E-state index contributed by atoms with van der Waals surface area (Å²) in [6.07, 6.45) is 3.94. The number of rotatable bonds is 4. The van der Waals surface area contributed by atoms with Crippen LogP contribution in [0.1, 0.15) is 33.6 Å². The average molecular weight is 353 g/mol. The van der Waals surface area contributed by atoms with Crippen LogP contribution in [0.25, 0.3) is 10.2 Å². The van der Waals surface area contributed by atoms with Gasteiger partial charge in [0, 0.05) is 17.1 Å². The van der Waals surface area contributed by atoms with Gasteiger partial charge in [-0.2, -0.15) is 0 Å². The Hall–Kier alpha value is -2.47. The van der Waals surface area contributed by atoms with E-state index in [-0.39, 0.29) is 11.5 Å². The Morgan fingerprint density at radius 2 is 2.08 bits per heavy atom. The highest BCUT2D eigenvalue weighted by atomic mass is 32.1. The zero-order chi connectivity index (χ0) is 17.6. The molecule has 0 saturated heterocycles. The second-order valence-corrected chi connectivity index (χ2v) is 7.85. The van der Waals surface area contributed by atoms with Crippen LogP contribution in [0, 0.1) is 19.8 Å². The van der Waals surface area contributed by atoms with Crippen LogP contribution >= 0.6 is 11.3 Å². The summed E-state index contributed by atoms with van der Waals surface area (Å²) in [4.78, 5) is 30.7. The number of aromatic nitrogens is 2. The molecular weight excluding hydrogens is 334 g/mol. The average Bonchev–Trinajstić information content (AvgIpc) is 3.33. The van der Waals surface area contributed by atoms with Crippen LogP contribution in [0.3, 0.4) is 0 Å². The lowest BCUT2D eigenvalue weighted by Gasteiger charge is -2.08. The smallest absolute Gasteiger partial charge is 0.271 e. The van der Waals surface area contributed by atoms with Gasteiger partial charge in [0.05, 0.1) is 11.9 Å². The number of anilines is 1. The van der Waals surface area contributed by atoms with Gasteiger partial charge in [0.2, 0.25) is 0 Å². The molecule has 1 aliphatic rings. The number of benzene rings is 1. The molecule has 0 radical (unpaired) electrons. The number of thiophene rings is 1. The van der Waals surface area contributed by atoms with Gasteiger partial charge in [0.15, 0.2) is 0 Å². The molecule has 25 heavy (non-hydrogen) atoms. The summed E-state index contributed by atoms with van der Waals surface area (Å²) in [5.41, 5.74) is 2.73. The van der Waals surface area contributed by atoms with Crippen molar-refractivity contribution < 1.29 is 4.79 Å². The number of carbonyl (C=O) groups is 1. The maximum Gasteiger partial charge on any atom is 0.271 e. The van der Waals surface area contributed by atoms with Crippen molar-refractivity contribution in [3.05, 3.63) is 57.0 Å². The summed E-state index contributed by atoms with van der Waals surface area (Å²) >= 11 is 1.35. The van der Waals surface area contributed by atoms with Gasteiger partial charge in [-0.1, -0.05) is 18.2 Å². The fourth-order valence-electron chi connectivity index (χ4n) is 2.99. The third kappa shape index (κ3) is 2.98. The lowest BCUT2D eigenvalue weighted by atomic mass is 10.1. The predicted molar refractivity (Wildman–Crippen MR) is 100 cm³/mol. The largest absolute Gasteiger partial charge is 0.322 e. The summed E-state index contributed by atoms with van der Waals surface area (Å²) in [5.74, 6) is 0.381. The van der Waals surface area contributed by atoms with Gasteiger partial charge in [0.25, 0.3) is 11.5 Å². The van der Waals surface area contributed by atoms with E-state index in [1.165, 1.54) is 24.2 Å². The number of hydrogen-bond donors (Lipinski definition) is 1. The first kappa shape index (κ1) is 16.0. The van der Waals surface area contributed by atoms with E-state index < -0.39 is 0 Å². The van der Waals surface area contributed by atoms with Crippen molar-refractivity contribution in [3.63, 3.8) is 0 Å². The monoisotopic (exact) mass is 353 g/mol. The molecule has 1 amide bonds. The minimum Gasteiger partial charge on any atom is -0.322 e. The third-order valence-corrected chi connectivity index (χ3v) is 5.69. The molecule has 6 heteroatoms. The highest BCUT2D eigenvalue weighted by molar-refractivity contribution is 7.19. The Morgan fingerprint density at radius 1 is 1.32 bits per heavy atom. The summed E-state index contributed by atoms with van der Waals surface area (Å²) in [6, 6.07) is 7.63. The van der Waals surface area contributed by atoms with E-state index in [4.69, 9.17) is 0 Å². The van der Waals surface area contributed by atoms with Crippen LogP contribution in [-0.4, -0.2) is 15.5 Å². The van der Waals surface area contributed by atoms with Gasteiger partial charge in [0.1, 0.15) is 10.2 Å². The highest BCUT2D eigenvalue weighted by Crippen LogP contribution is 2.31. The maximum absolute atomic E-state index is 12.8. The summed E-state index contributed by atoms with van der Waals surface area (Å²) in [7, 11) is 0. The lowest BCUT2D eigenvalue weighted by Crippen LogP contribution is -2.21. The number of aryl methyl sites for hydroxylation is 2. The van der Waals surface area contributed by atoms with E-state index in [0.717, 1.165) is 22.7 Å². The Morgan fingerprint density at radius 3 is 2.80 bits per heavy atom. The van der Waals surface area contributed by atoms with Gasteiger partial charge in [-0.15, -0.1) is 11.3 Å². The molecule has 1 N–H and O–H groups in total. The third-order valence-electron chi connectivity index (χ3n) is 4.61. The fourth-order valence-corrected chi connectivity index (χ4v) is 4.04. The van der Waals surface area contributed by atoms with Gasteiger partial charge < -0.3 is 5.32 Å². The van der Waals surface area contributed by atoms with Crippen LogP contribution in [0.4, 0.5) is 5.69 Å². The van der Waals surface area contributed by atoms with E-state index in [0.29, 0.717) is 21.7 Å². The zero-order valence-corrected chi connectivity index (χ0v) is 15.0. The second kappa shape index (κ2) is 6.11. The molecule has 5 nitrogen and oxygen atoms in total. The molecule has 2 heterocycles. The number of amides is 1. The summed E-state index contributed by atoms with van der Waals surface area (Å²) in [6.45, 7) is 4.54. The molecule has 0 bridgehead atoms. The lowest BCUT2D eigenvalue weighted by molar-refractivity contribution is 0.102. The SMILES string of the molecule is Cc1ccccc1NC(=O)c1c(C)sc2c(=O)n(CC3CC3)cnc12. The van der Waals surface area contributed by atoms with Gasteiger partial charge in [-0.3, -0.25) is 14.2 Å². The first-order valence-corrected chi connectivity index (χ1v) is 9.21. The number of nitrogens with zero attached hydrogens (tertiary/aromatic N) is 2. The molecular formula is C19H19N3O2S. The molecule has 1 fully saturated rings. The highest BCUT2D eigenvalue weighted by Gasteiger charge is 2.24. The Bertz CT molecular complexity index is 1030. The van der Waals surface area contributed by atoms with E-state index >= 15 is 0 Å².